The van der Waals surface area contributed by atoms with Gasteiger partial charge in [-0.25, -0.2) is 4.39 Å². The highest BCUT2D eigenvalue weighted by atomic mass is 79.9. The topological polar surface area (TPSA) is 12.0 Å². The van der Waals surface area contributed by atoms with Gasteiger partial charge >= 0.3 is 0 Å². The summed E-state index contributed by atoms with van der Waals surface area (Å²) in [5.41, 5.74) is 0.892. The van der Waals surface area contributed by atoms with Crippen molar-refractivity contribution in [3.05, 3.63) is 49.3 Å². The van der Waals surface area contributed by atoms with E-state index >= 15 is 0 Å². The van der Waals surface area contributed by atoms with Crippen molar-refractivity contribution in [1.82, 2.24) is 0 Å². The summed E-state index contributed by atoms with van der Waals surface area (Å²) in [7, 11) is 0. The summed E-state index contributed by atoms with van der Waals surface area (Å²) in [6.07, 6.45) is 0. The molecule has 0 aliphatic heterocycles. The Hall–Kier alpha value is -0.390. The molecule has 1 atom stereocenters. The highest BCUT2D eigenvalue weighted by Gasteiger charge is 2.10. The van der Waals surface area contributed by atoms with Crippen LogP contribution in [0.3, 0.4) is 0 Å². The lowest BCUT2D eigenvalue weighted by Crippen LogP contribution is -2.05. The molecule has 1 nitrogen and oxygen atoms in total. The Bertz CT molecular complexity index is 527. The summed E-state index contributed by atoms with van der Waals surface area (Å²) in [6, 6.07) is 6.91. The van der Waals surface area contributed by atoms with Crippen molar-refractivity contribution in [2.24, 2.45) is 0 Å². The molecule has 0 fully saturated rings. The van der Waals surface area contributed by atoms with Crippen LogP contribution in [-0.4, -0.2) is 0 Å². The van der Waals surface area contributed by atoms with E-state index in [0.29, 0.717) is 0 Å². The van der Waals surface area contributed by atoms with Crippen LogP contribution in [-0.2, 0) is 0 Å². The van der Waals surface area contributed by atoms with Gasteiger partial charge in [-0.3, -0.25) is 0 Å². The van der Waals surface area contributed by atoms with Crippen molar-refractivity contribution in [3.8, 4) is 0 Å². The molecule has 1 N–H and O–H groups in total. The second-order valence-electron chi connectivity index (χ2n) is 3.66. The average Bonchev–Trinajstić information content (AvgIpc) is 2.69. The quantitative estimate of drug-likeness (QED) is 0.734. The molecule has 0 radical (unpaired) electrons. The Morgan fingerprint density at radius 1 is 1.29 bits per heavy atom. The Balaban J connectivity index is 2.15. The maximum Gasteiger partial charge on any atom is 0.124 e. The van der Waals surface area contributed by atoms with Crippen LogP contribution in [0.4, 0.5) is 10.1 Å². The first-order valence-corrected chi connectivity index (χ1v) is 7.48. The minimum absolute atomic E-state index is 0.188. The number of benzene rings is 1. The van der Waals surface area contributed by atoms with Crippen molar-refractivity contribution >= 4 is 48.9 Å². The maximum atomic E-state index is 12.9. The minimum atomic E-state index is -0.242. The molecular formula is C12H10Br2FNS. The van der Waals surface area contributed by atoms with Crippen LogP contribution in [0.15, 0.2) is 38.6 Å². The van der Waals surface area contributed by atoms with Gasteiger partial charge in [0.15, 0.2) is 0 Å². The first-order valence-electron chi connectivity index (χ1n) is 5.02. The molecule has 0 saturated heterocycles. The lowest BCUT2D eigenvalue weighted by Gasteiger charge is -2.15. The predicted molar refractivity (Wildman–Crippen MR) is 78.2 cm³/mol. The molecule has 1 aromatic carbocycles. The zero-order valence-electron chi connectivity index (χ0n) is 9.01. The number of anilines is 1. The van der Waals surface area contributed by atoms with Crippen LogP contribution in [0.5, 0.6) is 0 Å². The Kier molecular flexibility index (Phi) is 4.22. The maximum absolute atomic E-state index is 12.9. The van der Waals surface area contributed by atoms with E-state index in [9.17, 15) is 4.39 Å². The molecule has 2 aromatic rings. The summed E-state index contributed by atoms with van der Waals surface area (Å²) >= 11 is 8.47. The molecule has 5 heteroatoms. The predicted octanol–water partition coefficient (Wildman–Crippen LogP) is 5.59. The van der Waals surface area contributed by atoms with Crippen molar-refractivity contribution in [3.63, 3.8) is 0 Å². The van der Waals surface area contributed by atoms with Crippen molar-refractivity contribution in [1.29, 1.82) is 0 Å². The SMILES string of the molecule is CC(Nc1ccc(F)cc1Br)c1cc(Br)cs1. The summed E-state index contributed by atoms with van der Waals surface area (Å²) in [5.74, 6) is -0.242. The Morgan fingerprint density at radius 2 is 2.06 bits per heavy atom. The Labute approximate surface area is 120 Å². The van der Waals surface area contributed by atoms with Crippen molar-refractivity contribution < 1.29 is 4.39 Å². The van der Waals surface area contributed by atoms with E-state index in [1.807, 2.05) is 5.38 Å². The molecule has 1 heterocycles. The number of halogens is 3. The average molecular weight is 379 g/mol. The van der Waals surface area contributed by atoms with E-state index < -0.39 is 0 Å². The zero-order chi connectivity index (χ0) is 12.4. The van der Waals surface area contributed by atoms with Crippen LogP contribution < -0.4 is 5.32 Å². The summed E-state index contributed by atoms with van der Waals surface area (Å²) in [4.78, 5) is 1.23. The monoisotopic (exact) mass is 377 g/mol. The van der Waals surface area contributed by atoms with E-state index in [1.165, 1.54) is 17.0 Å². The third kappa shape index (κ3) is 3.30. The third-order valence-electron chi connectivity index (χ3n) is 2.32. The second-order valence-corrected chi connectivity index (χ2v) is 6.37. The number of hydrogen-bond acceptors (Lipinski definition) is 2. The number of thiophene rings is 1. The van der Waals surface area contributed by atoms with Crippen LogP contribution in [0.2, 0.25) is 0 Å². The molecular weight excluding hydrogens is 369 g/mol. The lowest BCUT2D eigenvalue weighted by molar-refractivity contribution is 0.627. The van der Waals surface area contributed by atoms with E-state index in [4.69, 9.17) is 0 Å². The molecule has 0 bridgehead atoms. The summed E-state index contributed by atoms with van der Waals surface area (Å²) < 4.78 is 14.8. The molecule has 0 aliphatic rings. The lowest BCUT2D eigenvalue weighted by atomic mass is 10.2. The number of hydrogen-bond donors (Lipinski definition) is 1. The van der Waals surface area contributed by atoms with Gasteiger partial charge in [0, 0.05) is 24.9 Å². The number of nitrogens with one attached hydrogen (secondary N) is 1. The fourth-order valence-corrected chi connectivity index (χ4v) is 3.38. The first-order chi connectivity index (χ1) is 8.06. The van der Waals surface area contributed by atoms with Crippen molar-refractivity contribution in [2.45, 2.75) is 13.0 Å². The minimum Gasteiger partial charge on any atom is -0.377 e. The van der Waals surface area contributed by atoms with E-state index in [0.717, 1.165) is 14.6 Å². The van der Waals surface area contributed by atoms with Gasteiger partial charge in [0.05, 0.1) is 6.04 Å². The normalized spacial score (nSPS) is 12.5. The molecule has 0 saturated carbocycles. The van der Waals surface area contributed by atoms with Gasteiger partial charge in [0.25, 0.3) is 0 Å². The van der Waals surface area contributed by atoms with Crippen molar-refractivity contribution in [2.75, 3.05) is 5.32 Å². The van der Waals surface area contributed by atoms with Gasteiger partial charge in [-0.15, -0.1) is 11.3 Å². The fraction of sp³-hybridized carbons (Fsp3) is 0.167. The number of rotatable bonds is 3. The Morgan fingerprint density at radius 3 is 2.65 bits per heavy atom. The molecule has 1 unspecified atom stereocenters. The third-order valence-corrected chi connectivity index (χ3v) is 4.85. The van der Waals surface area contributed by atoms with E-state index in [2.05, 4.69) is 50.2 Å². The second kappa shape index (κ2) is 5.50. The van der Waals surface area contributed by atoms with Crippen LogP contribution in [0.25, 0.3) is 0 Å². The molecule has 1 aromatic heterocycles. The zero-order valence-corrected chi connectivity index (χ0v) is 13.0. The van der Waals surface area contributed by atoms with E-state index in [1.54, 1.807) is 17.4 Å². The largest absolute Gasteiger partial charge is 0.377 e. The van der Waals surface area contributed by atoms with Gasteiger partial charge in [0.2, 0.25) is 0 Å². The molecule has 17 heavy (non-hydrogen) atoms. The first kappa shape index (κ1) is 13.1. The fourth-order valence-electron chi connectivity index (χ4n) is 1.47. The van der Waals surface area contributed by atoms with Crippen LogP contribution >= 0.6 is 43.2 Å². The summed E-state index contributed by atoms with van der Waals surface area (Å²) in [6.45, 7) is 2.08. The highest BCUT2D eigenvalue weighted by Crippen LogP contribution is 2.30. The standard InChI is InChI=1S/C12H10Br2FNS/c1-7(12-4-8(13)6-17-12)16-11-3-2-9(15)5-10(11)14/h2-7,16H,1H3. The summed E-state index contributed by atoms with van der Waals surface area (Å²) in [5, 5.41) is 5.39. The highest BCUT2D eigenvalue weighted by molar-refractivity contribution is 9.10. The molecule has 90 valence electrons. The molecule has 0 aliphatic carbocycles. The van der Waals surface area contributed by atoms with Gasteiger partial charge in [-0.2, -0.15) is 0 Å². The molecule has 0 spiro atoms. The van der Waals surface area contributed by atoms with Crippen LogP contribution in [0.1, 0.15) is 17.8 Å². The van der Waals surface area contributed by atoms with Gasteiger partial charge < -0.3 is 5.32 Å². The van der Waals surface area contributed by atoms with Gasteiger partial charge in [-0.05, 0) is 63.0 Å². The van der Waals surface area contributed by atoms with Gasteiger partial charge in [-0.1, -0.05) is 0 Å². The van der Waals surface area contributed by atoms with Crippen LogP contribution in [0, 0.1) is 5.82 Å². The van der Waals surface area contributed by atoms with Gasteiger partial charge in [0.1, 0.15) is 5.82 Å². The molecule has 0 amide bonds. The van der Waals surface area contributed by atoms with E-state index in [-0.39, 0.29) is 11.9 Å². The smallest absolute Gasteiger partial charge is 0.124 e. The molecule has 2 rings (SSSR count).